The van der Waals surface area contributed by atoms with Crippen molar-refractivity contribution in [3.63, 3.8) is 0 Å². The average molecular weight is 389 g/mol. The van der Waals surface area contributed by atoms with Crippen molar-refractivity contribution in [3.8, 4) is 5.75 Å². The van der Waals surface area contributed by atoms with Crippen LogP contribution in [0.4, 0.5) is 11.4 Å². The maximum Gasteiger partial charge on any atom is 0.243 e. The number of carbonyl (C=O) groups excluding carboxylic acids is 1. The van der Waals surface area contributed by atoms with E-state index in [4.69, 9.17) is 16.3 Å². The van der Waals surface area contributed by atoms with Crippen molar-refractivity contribution in [1.82, 2.24) is 0 Å². The molecule has 2 aromatic rings. The highest BCUT2D eigenvalue weighted by Crippen LogP contribution is 2.20. The maximum absolute atomic E-state index is 12.1. The zero-order chi connectivity index (χ0) is 19.5. The Balaban J connectivity index is 1.71. The highest BCUT2D eigenvalue weighted by molar-refractivity contribution is 6.31. The molecule has 0 aromatic heterocycles. The second-order valence-corrected chi connectivity index (χ2v) is 7.08. The summed E-state index contributed by atoms with van der Waals surface area (Å²) in [5, 5.41) is 6.59. The molecule has 5 heteroatoms. The molecule has 146 valence electrons. The van der Waals surface area contributed by atoms with Gasteiger partial charge in [-0.25, -0.2) is 0 Å². The molecular formula is C22H29ClN2O2. The highest BCUT2D eigenvalue weighted by atomic mass is 35.5. The van der Waals surface area contributed by atoms with Crippen LogP contribution in [0, 0.1) is 6.92 Å². The van der Waals surface area contributed by atoms with Crippen molar-refractivity contribution >= 4 is 28.9 Å². The molecule has 0 aliphatic rings. The van der Waals surface area contributed by atoms with E-state index >= 15 is 0 Å². The van der Waals surface area contributed by atoms with E-state index in [1.165, 1.54) is 25.7 Å². The number of hydrogen-bond donors (Lipinski definition) is 2. The van der Waals surface area contributed by atoms with Crippen molar-refractivity contribution in [2.75, 3.05) is 23.8 Å². The van der Waals surface area contributed by atoms with Crippen LogP contribution in [0.25, 0.3) is 0 Å². The summed E-state index contributed by atoms with van der Waals surface area (Å²) in [6.45, 7) is 5.08. The molecule has 27 heavy (non-hydrogen) atoms. The molecule has 2 N–H and O–H groups in total. The normalized spacial score (nSPS) is 10.5. The number of rotatable bonds is 11. The predicted octanol–water partition coefficient (Wildman–Crippen LogP) is 6.05. The summed E-state index contributed by atoms with van der Waals surface area (Å²) in [5.41, 5.74) is 2.59. The number of amides is 1. The lowest BCUT2D eigenvalue weighted by Crippen LogP contribution is -2.22. The minimum absolute atomic E-state index is 0.118. The van der Waals surface area contributed by atoms with E-state index in [-0.39, 0.29) is 12.5 Å². The fraction of sp³-hybridized carbons (Fsp3) is 0.409. The van der Waals surface area contributed by atoms with Crippen molar-refractivity contribution in [2.45, 2.75) is 46.0 Å². The Morgan fingerprint density at radius 1 is 1.04 bits per heavy atom. The first-order valence-corrected chi connectivity index (χ1v) is 9.99. The predicted molar refractivity (Wildman–Crippen MR) is 114 cm³/mol. The Morgan fingerprint density at radius 3 is 2.52 bits per heavy atom. The third-order valence-corrected chi connectivity index (χ3v) is 4.53. The molecule has 0 aliphatic heterocycles. The monoisotopic (exact) mass is 388 g/mol. The summed E-state index contributed by atoms with van der Waals surface area (Å²) >= 11 is 5.98. The lowest BCUT2D eigenvalue weighted by Gasteiger charge is -2.11. The van der Waals surface area contributed by atoms with Crippen molar-refractivity contribution in [2.24, 2.45) is 0 Å². The quantitative estimate of drug-likeness (QED) is 0.461. The molecule has 0 fully saturated rings. The maximum atomic E-state index is 12.1. The van der Waals surface area contributed by atoms with Crippen molar-refractivity contribution < 1.29 is 9.53 Å². The van der Waals surface area contributed by atoms with Gasteiger partial charge in [0.1, 0.15) is 5.75 Å². The number of ether oxygens (including phenoxy) is 1. The summed E-state index contributed by atoms with van der Waals surface area (Å²) in [6, 6.07) is 13.1. The number of anilines is 2. The van der Waals surface area contributed by atoms with E-state index in [0.29, 0.717) is 5.02 Å². The summed E-state index contributed by atoms with van der Waals surface area (Å²) < 4.78 is 5.75. The standard InChI is InChI=1S/C22H29ClN2O2/c1-3-4-5-6-7-14-27-20-12-10-19(11-13-20)24-16-22(26)25-21-15-18(23)9-8-17(21)2/h8-13,15,24H,3-7,14,16H2,1-2H3,(H,25,26). The minimum Gasteiger partial charge on any atom is -0.494 e. The number of carbonyl (C=O) groups is 1. The Kier molecular flexibility index (Phi) is 8.99. The number of aryl methyl sites for hydroxylation is 1. The number of nitrogens with one attached hydrogen (secondary N) is 2. The largest absolute Gasteiger partial charge is 0.494 e. The van der Waals surface area contributed by atoms with E-state index in [0.717, 1.165) is 35.7 Å². The molecule has 1 amide bonds. The number of halogens is 1. The number of unbranched alkanes of at least 4 members (excludes halogenated alkanes) is 4. The SMILES string of the molecule is CCCCCCCOc1ccc(NCC(=O)Nc2cc(Cl)ccc2C)cc1. The number of hydrogen-bond acceptors (Lipinski definition) is 3. The first-order valence-electron chi connectivity index (χ1n) is 9.61. The number of benzene rings is 2. The summed E-state index contributed by atoms with van der Waals surface area (Å²) in [4.78, 5) is 12.1. The van der Waals surface area contributed by atoms with Gasteiger partial charge in [0.05, 0.1) is 13.2 Å². The average Bonchev–Trinajstić information content (AvgIpc) is 2.67. The first-order chi connectivity index (χ1) is 13.1. The second kappa shape index (κ2) is 11.5. The zero-order valence-electron chi connectivity index (χ0n) is 16.2. The second-order valence-electron chi connectivity index (χ2n) is 6.65. The van der Waals surface area contributed by atoms with Crippen LogP contribution in [0.5, 0.6) is 5.75 Å². The third-order valence-electron chi connectivity index (χ3n) is 4.30. The van der Waals surface area contributed by atoms with Crippen LogP contribution < -0.4 is 15.4 Å². The van der Waals surface area contributed by atoms with Crippen LogP contribution in [-0.4, -0.2) is 19.1 Å². The zero-order valence-corrected chi connectivity index (χ0v) is 16.9. The third kappa shape index (κ3) is 7.92. The summed E-state index contributed by atoms with van der Waals surface area (Å²) in [6.07, 6.45) is 6.13. The van der Waals surface area contributed by atoms with Gasteiger partial charge in [-0.1, -0.05) is 50.3 Å². The molecule has 0 heterocycles. The van der Waals surface area contributed by atoms with Crippen molar-refractivity contribution in [1.29, 1.82) is 0 Å². The highest BCUT2D eigenvalue weighted by Gasteiger charge is 2.05. The minimum atomic E-state index is -0.118. The van der Waals surface area contributed by atoms with E-state index in [9.17, 15) is 4.79 Å². The first kappa shape index (κ1) is 21.1. The molecule has 4 nitrogen and oxygen atoms in total. The van der Waals surface area contributed by atoms with Gasteiger partial charge in [0.25, 0.3) is 0 Å². The van der Waals surface area contributed by atoms with E-state index in [1.807, 2.05) is 37.3 Å². The Hall–Kier alpha value is -2.20. The van der Waals surface area contributed by atoms with Crippen LogP contribution >= 0.6 is 11.6 Å². The van der Waals surface area contributed by atoms with Crippen LogP contribution in [-0.2, 0) is 4.79 Å². The Labute approximate surface area is 167 Å². The molecule has 0 spiro atoms. The molecule has 2 aromatic carbocycles. The van der Waals surface area contributed by atoms with Gasteiger partial charge in [0.15, 0.2) is 0 Å². The van der Waals surface area contributed by atoms with Crippen LogP contribution in [0.15, 0.2) is 42.5 Å². The van der Waals surface area contributed by atoms with Gasteiger partial charge in [-0.15, -0.1) is 0 Å². The molecule has 0 radical (unpaired) electrons. The van der Waals surface area contributed by atoms with Gasteiger partial charge in [0.2, 0.25) is 5.91 Å². The summed E-state index contributed by atoms with van der Waals surface area (Å²) in [7, 11) is 0. The topological polar surface area (TPSA) is 50.4 Å². The molecule has 0 atom stereocenters. The lowest BCUT2D eigenvalue weighted by atomic mass is 10.2. The van der Waals surface area contributed by atoms with E-state index < -0.39 is 0 Å². The van der Waals surface area contributed by atoms with Gasteiger partial charge >= 0.3 is 0 Å². The summed E-state index contributed by atoms with van der Waals surface area (Å²) in [5.74, 6) is 0.739. The van der Waals surface area contributed by atoms with Crippen molar-refractivity contribution in [3.05, 3.63) is 53.1 Å². The van der Waals surface area contributed by atoms with Gasteiger partial charge in [-0.3, -0.25) is 4.79 Å². The lowest BCUT2D eigenvalue weighted by molar-refractivity contribution is -0.114. The van der Waals surface area contributed by atoms with Gasteiger partial charge in [-0.05, 0) is 55.3 Å². The van der Waals surface area contributed by atoms with E-state index in [2.05, 4.69) is 17.6 Å². The molecule has 0 saturated heterocycles. The molecule has 0 aliphatic carbocycles. The Bertz CT molecular complexity index is 717. The molecule has 2 rings (SSSR count). The molecule has 0 saturated carbocycles. The molecular weight excluding hydrogens is 360 g/mol. The van der Waals surface area contributed by atoms with Gasteiger partial charge < -0.3 is 15.4 Å². The van der Waals surface area contributed by atoms with Crippen LogP contribution in [0.2, 0.25) is 5.02 Å². The molecule has 0 unspecified atom stereocenters. The fourth-order valence-corrected chi connectivity index (χ4v) is 2.84. The van der Waals surface area contributed by atoms with E-state index in [1.54, 1.807) is 12.1 Å². The van der Waals surface area contributed by atoms with Gasteiger partial charge in [-0.2, -0.15) is 0 Å². The van der Waals surface area contributed by atoms with Crippen LogP contribution in [0.1, 0.15) is 44.6 Å². The smallest absolute Gasteiger partial charge is 0.243 e. The van der Waals surface area contributed by atoms with Gasteiger partial charge in [0, 0.05) is 16.4 Å². The molecule has 0 bridgehead atoms. The van der Waals surface area contributed by atoms with Crippen LogP contribution in [0.3, 0.4) is 0 Å². The fourth-order valence-electron chi connectivity index (χ4n) is 2.67. The Morgan fingerprint density at radius 2 is 1.78 bits per heavy atom.